The van der Waals surface area contributed by atoms with Crippen molar-refractivity contribution >= 4 is 0 Å². The summed E-state index contributed by atoms with van der Waals surface area (Å²) in [6, 6.07) is 9.06. The van der Waals surface area contributed by atoms with Crippen molar-refractivity contribution < 1.29 is 13.5 Å². The van der Waals surface area contributed by atoms with Gasteiger partial charge in [-0.3, -0.25) is 9.88 Å². The third kappa shape index (κ3) is 3.45. The molecule has 0 radical (unpaired) electrons. The highest BCUT2D eigenvalue weighted by molar-refractivity contribution is 5.47. The zero-order chi connectivity index (χ0) is 17.1. The average Bonchev–Trinajstić information content (AvgIpc) is 3.37. The maximum absolute atomic E-state index is 5.27. The third-order valence-corrected chi connectivity index (χ3v) is 3.38. The Kier molecular flexibility index (Phi) is 4.05. The SMILES string of the molecule is CN(Cc1noc(-c2ccco2)n1)Cc1nc(-c2ccccn2)no1. The zero-order valence-corrected chi connectivity index (χ0v) is 13.4. The first-order valence-corrected chi connectivity index (χ1v) is 7.57. The van der Waals surface area contributed by atoms with Crippen molar-refractivity contribution in [1.82, 2.24) is 30.2 Å². The van der Waals surface area contributed by atoms with Crippen LogP contribution in [0.5, 0.6) is 0 Å². The van der Waals surface area contributed by atoms with Gasteiger partial charge in [-0.2, -0.15) is 9.97 Å². The number of nitrogens with zero attached hydrogens (tertiary/aromatic N) is 6. The summed E-state index contributed by atoms with van der Waals surface area (Å²) in [6.45, 7) is 0.913. The van der Waals surface area contributed by atoms with Gasteiger partial charge in [-0.1, -0.05) is 16.4 Å². The zero-order valence-electron chi connectivity index (χ0n) is 13.4. The first kappa shape index (κ1) is 15.2. The van der Waals surface area contributed by atoms with Gasteiger partial charge < -0.3 is 13.5 Å². The maximum atomic E-state index is 5.27. The molecule has 0 saturated heterocycles. The summed E-state index contributed by atoms with van der Waals surface area (Å²) in [7, 11) is 1.90. The molecule has 0 unspecified atom stereocenters. The minimum absolute atomic E-state index is 0.351. The lowest BCUT2D eigenvalue weighted by Crippen LogP contribution is -2.18. The van der Waals surface area contributed by atoms with E-state index in [0.717, 1.165) is 0 Å². The standard InChI is InChI=1S/C16H14N6O3/c1-22(9-13-18-16(25-20-13)12-6-4-8-23-12)10-14-19-15(21-24-14)11-5-2-3-7-17-11/h2-8H,9-10H2,1H3. The second kappa shape index (κ2) is 6.65. The van der Waals surface area contributed by atoms with Crippen molar-refractivity contribution in [3.63, 3.8) is 0 Å². The van der Waals surface area contributed by atoms with Gasteiger partial charge in [0.05, 0.1) is 19.4 Å². The van der Waals surface area contributed by atoms with E-state index in [1.165, 1.54) is 0 Å². The predicted molar refractivity (Wildman–Crippen MR) is 84.7 cm³/mol. The molecule has 25 heavy (non-hydrogen) atoms. The van der Waals surface area contributed by atoms with E-state index < -0.39 is 0 Å². The van der Waals surface area contributed by atoms with Gasteiger partial charge in [0.25, 0.3) is 5.89 Å². The predicted octanol–water partition coefficient (Wildman–Crippen LogP) is 2.41. The minimum atomic E-state index is 0.351. The van der Waals surface area contributed by atoms with Crippen LogP contribution in [0.4, 0.5) is 0 Å². The van der Waals surface area contributed by atoms with Gasteiger partial charge in [0.2, 0.25) is 11.7 Å². The van der Waals surface area contributed by atoms with Gasteiger partial charge >= 0.3 is 0 Å². The Morgan fingerprint density at radius 3 is 2.76 bits per heavy atom. The second-order valence-electron chi connectivity index (χ2n) is 5.39. The molecule has 4 aromatic heterocycles. The van der Waals surface area contributed by atoms with Crippen molar-refractivity contribution in [3.05, 3.63) is 54.5 Å². The van der Waals surface area contributed by atoms with Gasteiger partial charge in [0.1, 0.15) is 5.69 Å². The number of rotatable bonds is 6. The molecular weight excluding hydrogens is 324 g/mol. The molecule has 0 fully saturated rings. The fourth-order valence-corrected chi connectivity index (χ4v) is 2.26. The third-order valence-electron chi connectivity index (χ3n) is 3.38. The summed E-state index contributed by atoms with van der Waals surface area (Å²) in [5.74, 6) is 2.38. The largest absolute Gasteiger partial charge is 0.459 e. The molecule has 4 heterocycles. The Labute approximate surface area is 142 Å². The first-order valence-electron chi connectivity index (χ1n) is 7.57. The Hall–Kier alpha value is -3.33. The molecule has 9 heteroatoms. The van der Waals surface area contributed by atoms with Crippen molar-refractivity contribution in [2.45, 2.75) is 13.1 Å². The molecule has 0 bridgehead atoms. The fourth-order valence-electron chi connectivity index (χ4n) is 2.26. The molecule has 0 aliphatic carbocycles. The Morgan fingerprint density at radius 2 is 1.96 bits per heavy atom. The number of aromatic nitrogens is 5. The topological polar surface area (TPSA) is 107 Å². The summed E-state index contributed by atoms with van der Waals surface area (Å²) in [4.78, 5) is 14.8. The monoisotopic (exact) mass is 338 g/mol. The Bertz CT molecular complexity index is 932. The fraction of sp³-hybridized carbons (Fsp3) is 0.188. The first-order chi connectivity index (χ1) is 12.3. The van der Waals surface area contributed by atoms with E-state index in [-0.39, 0.29) is 0 Å². The lowest BCUT2D eigenvalue weighted by molar-refractivity contribution is 0.252. The molecule has 4 aromatic rings. The molecule has 0 amide bonds. The van der Waals surface area contributed by atoms with Gasteiger partial charge in [-0.15, -0.1) is 0 Å². The molecule has 9 nitrogen and oxygen atoms in total. The van der Waals surface area contributed by atoms with Gasteiger partial charge in [0, 0.05) is 6.20 Å². The van der Waals surface area contributed by atoms with Crippen molar-refractivity contribution in [1.29, 1.82) is 0 Å². The van der Waals surface area contributed by atoms with Crippen LogP contribution in [0.1, 0.15) is 11.7 Å². The summed E-state index contributed by atoms with van der Waals surface area (Å²) >= 11 is 0. The van der Waals surface area contributed by atoms with E-state index in [0.29, 0.717) is 48.0 Å². The summed E-state index contributed by atoms with van der Waals surface area (Å²) in [5.41, 5.74) is 0.668. The molecule has 126 valence electrons. The van der Waals surface area contributed by atoms with Crippen LogP contribution in [0.2, 0.25) is 0 Å². The highest BCUT2D eigenvalue weighted by Crippen LogP contribution is 2.18. The van der Waals surface area contributed by atoms with Crippen LogP contribution in [-0.2, 0) is 13.1 Å². The Balaban J connectivity index is 1.39. The number of hydrogen-bond donors (Lipinski definition) is 0. The van der Waals surface area contributed by atoms with E-state index in [1.807, 2.05) is 30.1 Å². The molecule has 0 saturated carbocycles. The van der Waals surface area contributed by atoms with Crippen LogP contribution in [0.3, 0.4) is 0 Å². The smallest absolute Gasteiger partial charge is 0.293 e. The normalized spacial score (nSPS) is 11.3. The van der Waals surface area contributed by atoms with Crippen molar-refractivity contribution in [3.8, 4) is 23.2 Å². The van der Waals surface area contributed by atoms with Gasteiger partial charge in [-0.25, -0.2) is 0 Å². The molecule has 0 aliphatic heterocycles. The van der Waals surface area contributed by atoms with Crippen LogP contribution in [0.25, 0.3) is 23.2 Å². The number of pyridine rings is 1. The van der Waals surface area contributed by atoms with E-state index >= 15 is 0 Å². The van der Waals surface area contributed by atoms with E-state index in [2.05, 4.69) is 25.3 Å². The summed E-state index contributed by atoms with van der Waals surface area (Å²) < 4.78 is 15.7. The van der Waals surface area contributed by atoms with E-state index in [9.17, 15) is 0 Å². The van der Waals surface area contributed by atoms with Crippen LogP contribution in [0.15, 0.2) is 56.3 Å². The highest BCUT2D eigenvalue weighted by Gasteiger charge is 2.15. The summed E-state index contributed by atoms with van der Waals surface area (Å²) in [5, 5.41) is 7.89. The minimum Gasteiger partial charge on any atom is -0.459 e. The second-order valence-corrected chi connectivity index (χ2v) is 5.39. The quantitative estimate of drug-likeness (QED) is 0.523. The number of hydrogen-bond acceptors (Lipinski definition) is 9. The average molecular weight is 338 g/mol. The highest BCUT2D eigenvalue weighted by atomic mass is 16.5. The molecule has 0 aromatic carbocycles. The van der Waals surface area contributed by atoms with E-state index in [4.69, 9.17) is 13.5 Å². The molecular formula is C16H14N6O3. The molecule has 0 N–H and O–H groups in total. The lowest BCUT2D eigenvalue weighted by atomic mass is 10.3. The number of furan rings is 1. The van der Waals surface area contributed by atoms with Gasteiger partial charge in [0.15, 0.2) is 11.6 Å². The molecule has 4 rings (SSSR count). The molecule has 0 aliphatic rings. The van der Waals surface area contributed by atoms with E-state index in [1.54, 1.807) is 24.6 Å². The van der Waals surface area contributed by atoms with Crippen LogP contribution >= 0.6 is 0 Å². The van der Waals surface area contributed by atoms with Gasteiger partial charge in [-0.05, 0) is 31.3 Å². The Morgan fingerprint density at radius 1 is 1.00 bits per heavy atom. The molecule has 0 atom stereocenters. The van der Waals surface area contributed by atoms with Crippen molar-refractivity contribution in [2.24, 2.45) is 0 Å². The van der Waals surface area contributed by atoms with Crippen LogP contribution < -0.4 is 0 Å². The van der Waals surface area contributed by atoms with Crippen molar-refractivity contribution in [2.75, 3.05) is 7.05 Å². The summed E-state index contributed by atoms with van der Waals surface area (Å²) in [6.07, 6.45) is 3.24. The van der Waals surface area contributed by atoms with Crippen LogP contribution in [0, 0.1) is 0 Å². The lowest BCUT2D eigenvalue weighted by Gasteiger charge is -2.10. The molecule has 0 spiro atoms. The van der Waals surface area contributed by atoms with Crippen LogP contribution in [-0.4, -0.2) is 37.2 Å². The maximum Gasteiger partial charge on any atom is 0.293 e.